The molecule has 3 amide bonds. The third-order valence-corrected chi connectivity index (χ3v) is 3.87. The highest BCUT2D eigenvalue weighted by atomic mass is 35.5. The zero-order valence-corrected chi connectivity index (χ0v) is 15.3. The van der Waals surface area contributed by atoms with E-state index in [1.165, 1.54) is 6.07 Å². The Balaban J connectivity index is 1.76. The zero-order valence-electron chi connectivity index (χ0n) is 14.6. The minimum absolute atomic E-state index is 0.00614. The van der Waals surface area contributed by atoms with Crippen LogP contribution in [0.25, 0.3) is 0 Å². The molecule has 0 unspecified atom stereocenters. The van der Waals surface area contributed by atoms with Gasteiger partial charge in [-0.1, -0.05) is 35.4 Å². The van der Waals surface area contributed by atoms with Crippen molar-refractivity contribution in [1.29, 1.82) is 0 Å². The van der Waals surface area contributed by atoms with Crippen LogP contribution in [-0.4, -0.2) is 17.7 Å². The van der Waals surface area contributed by atoms with Crippen LogP contribution < -0.4 is 16.2 Å². The van der Waals surface area contributed by atoms with Gasteiger partial charge in [0.1, 0.15) is 0 Å². The molecule has 0 aromatic heterocycles. The molecule has 2 aromatic carbocycles. The zero-order chi connectivity index (χ0) is 19.1. The third kappa shape index (κ3) is 5.89. The van der Waals surface area contributed by atoms with Crippen molar-refractivity contribution in [3.63, 3.8) is 0 Å². The summed E-state index contributed by atoms with van der Waals surface area (Å²) in [4.78, 5) is 35.6. The van der Waals surface area contributed by atoms with Crippen LogP contribution in [0.1, 0.15) is 34.3 Å². The van der Waals surface area contributed by atoms with Crippen LogP contribution in [-0.2, 0) is 9.59 Å². The van der Waals surface area contributed by atoms with E-state index in [9.17, 15) is 14.4 Å². The van der Waals surface area contributed by atoms with Crippen molar-refractivity contribution in [2.24, 2.45) is 0 Å². The molecular formula is C19H20ClN3O3. The van der Waals surface area contributed by atoms with E-state index in [4.69, 9.17) is 11.6 Å². The third-order valence-electron chi connectivity index (χ3n) is 3.64. The van der Waals surface area contributed by atoms with Gasteiger partial charge in [-0.05, 0) is 43.7 Å². The molecular weight excluding hydrogens is 354 g/mol. The molecule has 0 aliphatic rings. The monoisotopic (exact) mass is 373 g/mol. The molecule has 2 aromatic rings. The van der Waals surface area contributed by atoms with Crippen LogP contribution in [0.5, 0.6) is 0 Å². The van der Waals surface area contributed by atoms with E-state index in [1.54, 1.807) is 18.2 Å². The highest BCUT2D eigenvalue weighted by Gasteiger charge is 2.10. The summed E-state index contributed by atoms with van der Waals surface area (Å²) in [7, 11) is 0. The molecule has 0 saturated carbocycles. The van der Waals surface area contributed by atoms with Crippen molar-refractivity contribution in [1.82, 2.24) is 10.9 Å². The largest absolute Gasteiger partial charge is 0.326 e. The van der Waals surface area contributed by atoms with Gasteiger partial charge in [0, 0.05) is 29.1 Å². The number of carbonyl (C=O) groups excluding carboxylic acids is 3. The number of hydrogen-bond donors (Lipinski definition) is 3. The van der Waals surface area contributed by atoms with Crippen molar-refractivity contribution >= 4 is 35.0 Å². The van der Waals surface area contributed by atoms with Gasteiger partial charge in [-0.3, -0.25) is 25.2 Å². The number of hydrazine groups is 1. The van der Waals surface area contributed by atoms with Gasteiger partial charge in [0.25, 0.3) is 5.91 Å². The van der Waals surface area contributed by atoms with E-state index in [-0.39, 0.29) is 18.7 Å². The molecule has 0 heterocycles. The summed E-state index contributed by atoms with van der Waals surface area (Å²) in [6.45, 7) is 3.88. The lowest BCUT2D eigenvalue weighted by atomic mass is 10.1. The molecule has 6 nitrogen and oxygen atoms in total. The SMILES string of the molecule is Cc1ccc(NC(=O)CCC(=O)NNC(=O)c2cccc(Cl)c2)c(C)c1. The number of rotatable bonds is 5. The van der Waals surface area contributed by atoms with E-state index < -0.39 is 11.8 Å². The van der Waals surface area contributed by atoms with Crippen molar-refractivity contribution < 1.29 is 14.4 Å². The molecule has 0 atom stereocenters. The molecule has 3 N–H and O–H groups in total. The molecule has 0 radical (unpaired) electrons. The second-order valence-corrected chi connectivity index (χ2v) is 6.32. The highest BCUT2D eigenvalue weighted by molar-refractivity contribution is 6.30. The van der Waals surface area contributed by atoms with Gasteiger partial charge in [0.2, 0.25) is 11.8 Å². The summed E-state index contributed by atoms with van der Waals surface area (Å²) in [6, 6.07) is 12.0. The summed E-state index contributed by atoms with van der Waals surface area (Å²) < 4.78 is 0. The lowest BCUT2D eigenvalue weighted by molar-refractivity contribution is -0.124. The fraction of sp³-hybridized carbons (Fsp3) is 0.211. The molecule has 2 rings (SSSR count). The van der Waals surface area contributed by atoms with E-state index in [0.29, 0.717) is 10.6 Å². The first-order valence-corrected chi connectivity index (χ1v) is 8.45. The van der Waals surface area contributed by atoms with Gasteiger partial charge in [0.05, 0.1) is 0 Å². The minimum Gasteiger partial charge on any atom is -0.326 e. The number of anilines is 1. The van der Waals surface area contributed by atoms with Crippen molar-refractivity contribution in [2.45, 2.75) is 26.7 Å². The fourth-order valence-corrected chi connectivity index (χ4v) is 2.47. The quantitative estimate of drug-likeness (QED) is 0.703. The first-order chi connectivity index (χ1) is 12.3. The predicted molar refractivity (Wildman–Crippen MR) is 101 cm³/mol. The second-order valence-electron chi connectivity index (χ2n) is 5.88. The van der Waals surface area contributed by atoms with Gasteiger partial charge in [0.15, 0.2) is 0 Å². The minimum atomic E-state index is -0.486. The molecule has 0 spiro atoms. The van der Waals surface area contributed by atoms with Crippen LogP contribution >= 0.6 is 11.6 Å². The molecule has 0 aliphatic heterocycles. The maximum Gasteiger partial charge on any atom is 0.269 e. The highest BCUT2D eigenvalue weighted by Crippen LogP contribution is 2.16. The topological polar surface area (TPSA) is 87.3 Å². The Kier molecular flexibility index (Phi) is 6.74. The van der Waals surface area contributed by atoms with Crippen molar-refractivity contribution in [3.8, 4) is 0 Å². The standard InChI is InChI=1S/C19H20ClN3O3/c1-12-6-7-16(13(2)10-12)21-17(24)8-9-18(25)22-23-19(26)14-4-3-5-15(20)11-14/h3-7,10-11H,8-9H2,1-2H3,(H,21,24)(H,22,25)(H,23,26). The average molecular weight is 374 g/mol. The van der Waals surface area contributed by atoms with Crippen molar-refractivity contribution in [3.05, 3.63) is 64.2 Å². The van der Waals surface area contributed by atoms with Crippen LogP contribution in [0, 0.1) is 13.8 Å². The maximum atomic E-state index is 12.0. The van der Waals surface area contributed by atoms with Gasteiger partial charge >= 0.3 is 0 Å². The molecule has 0 fully saturated rings. The van der Waals surface area contributed by atoms with Crippen LogP contribution in [0.2, 0.25) is 5.02 Å². The molecule has 0 bridgehead atoms. The maximum absolute atomic E-state index is 12.0. The Morgan fingerprint density at radius 2 is 1.65 bits per heavy atom. The predicted octanol–water partition coefficient (Wildman–Crippen LogP) is 3.14. The van der Waals surface area contributed by atoms with Gasteiger partial charge in [-0.25, -0.2) is 0 Å². The Hall–Kier alpha value is -2.86. The van der Waals surface area contributed by atoms with Gasteiger partial charge in [-0.15, -0.1) is 0 Å². The Morgan fingerprint density at radius 3 is 2.35 bits per heavy atom. The number of carbonyl (C=O) groups is 3. The smallest absolute Gasteiger partial charge is 0.269 e. The number of hydrogen-bond acceptors (Lipinski definition) is 3. The summed E-state index contributed by atoms with van der Waals surface area (Å²) in [5.74, 6) is -1.22. The van der Waals surface area contributed by atoms with E-state index in [1.807, 2.05) is 32.0 Å². The van der Waals surface area contributed by atoms with Crippen LogP contribution in [0.3, 0.4) is 0 Å². The van der Waals surface area contributed by atoms with Crippen LogP contribution in [0.15, 0.2) is 42.5 Å². The summed E-state index contributed by atoms with van der Waals surface area (Å²) >= 11 is 5.81. The number of nitrogens with one attached hydrogen (secondary N) is 3. The van der Waals surface area contributed by atoms with E-state index in [0.717, 1.165) is 16.8 Å². The van der Waals surface area contributed by atoms with Gasteiger partial charge in [-0.2, -0.15) is 0 Å². The number of amides is 3. The Bertz CT molecular complexity index is 837. The van der Waals surface area contributed by atoms with E-state index >= 15 is 0 Å². The fourth-order valence-electron chi connectivity index (χ4n) is 2.28. The summed E-state index contributed by atoms with van der Waals surface area (Å²) in [6.07, 6.45) is -0.0429. The molecule has 136 valence electrons. The molecule has 0 saturated heterocycles. The Morgan fingerprint density at radius 1 is 0.923 bits per heavy atom. The summed E-state index contributed by atoms with van der Waals surface area (Å²) in [5.41, 5.74) is 7.67. The lowest BCUT2D eigenvalue weighted by Crippen LogP contribution is -2.41. The summed E-state index contributed by atoms with van der Waals surface area (Å²) in [5, 5.41) is 3.19. The van der Waals surface area contributed by atoms with E-state index in [2.05, 4.69) is 16.2 Å². The number of benzene rings is 2. The normalized spacial score (nSPS) is 10.1. The molecule has 26 heavy (non-hydrogen) atoms. The first-order valence-electron chi connectivity index (χ1n) is 8.07. The Labute approximate surface area is 156 Å². The first kappa shape index (κ1) is 19.5. The second kappa shape index (κ2) is 9.01. The molecule has 7 heteroatoms. The number of halogens is 1. The number of aryl methyl sites for hydroxylation is 2. The van der Waals surface area contributed by atoms with Crippen LogP contribution in [0.4, 0.5) is 5.69 Å². The molecule has 0 aliphatic carbocycles. The average Bonchev–Trinajstić information content (AvgIpc) is 2.60. The van der Waals surface area contributed by atoms with Crippen molar-refractivity contribution in [2.75, 3.05) is 5.32 Å². The van der Waals surface area contributed by atoms with Gasteiger partial charge < -0.3 is 5.32 Å². The lowest BCUT2D eigenvalue weighted by Gasteiger charge is -2.10.